The number of hydrogen-bond acceptors (Lipinski definition) is 4. The summed E-state index contributed by atoms with van der Waals surface area (Å²) in [4.78, 5) is 11.7. The zero-order valence-electron chi connectivity index (χ0n) is 9.63. The third-order valence-corrected chi connectivity index (χ3v) is 4.99. The van der Waals surface area contributed by atoms with Crippen LogP contribution in [0.15, 0.2) is 24.3 Å². The van der Waals surface area contributed by atoms with E-state index in [1.807, 2.05) is 0 Å². The number of ether oxygens (including phenoxy) is 1. The minimum absolute atomic E-state index is 0.0740. The van der Waals surface area contributed by atoms with Crippen molar-refractivity contribution >= 4 is 27.4 Å². The molecule has 0 radical (unpaired) electrons. The highest BCUT2D eigenvalue weighted by atomic mass is 35.5. The molecule has 2 rings (SSSR count). The van der Waals surface area contributed by atoms with Crippen LogP contribution in [0.4, 0.5) is 0 Å². The van der Waals surface area contributed by atoms with Crippen LogP contribution < -0.4 is 4.74 Å². The van der Waals surface area contributed by atoms with Crippen molar-refractivity contribution < 1.29 is 17.9 Å². The Balaban J connectivity index is 1.92. The third-order valence-electron chi connectivity index (χ3n) is 2.84. The smallest absolute Gasteiger partial charge is 0.311 e. The lowest BCUT2D eigenvalue weighted by Crippen LogP contribution is -2.15. The van der Waals surface area contributed by atoms with E-state index in [4.69, 9.17) is 16.3 Å². The molecule has 1 saturated heterocycles. The van der Waals surface area contributed by atoms with Crippen molar-refractivity contribution in [3.05, 3.63) is 29.3 Å². The summed E-state index contributed by atoms with van der Waals surface area (Å²) < 4.78 is 27.6. The Morgan fingerprint density at radius 2 is 2.11 bits per heavy atom. The largest absolute Gasteiger partial charge is 0.425 e. The van der Waals surface area contributed by atoms with Crippen LogP contribution in [0.2, 0.25) is 5.02 Å². The van der Waals surface area contributed by atoms with Crippen molar-refractivity contribution in [2.24, 2.45) is 5.92 Å². The van der Waals surface area contributed by atoms with Crippen LogP contribution in [-0.2, 0) is 14.6 Å². The Kier molecular flexibility index (Phi) is 3.92. The first-order valence-corrected chi connectivity index (χ1v) is 7.82. The van der Waals surface area contributed by atoms with E-state index in [2.05, 4.69) is 0 Å². The van der Waals surface area contributed by atoms with Gasteiger partial charge in [0, 0.05) is 6.42 Å². The molecule has 1 unspecified atom stereocenters. The van der Waals surface area contributed by atoms with Crippen molar-refractivity contribution in [3.63, 3.8) is 0 Å². The van der Waals surface area contributed by atoms with Gasteiger partial charge in [-0.15, -0.1) is 0 Å². The van der Waals surface area contributed by atoms with Crippen molar-refractivity contribution in [2.45, 2.75) is 12.8 Å². The maximum atomic E-state index is 11.7. The molecule has 0 spiro atoms. The molecule has 0 aromatic heterocycles. The van der Waals surface area contributed by atoms with E-state index in [9.17, 15) is 13.2 Å². The molecule has 6 heteroatoms. The van der Waals surface area contributed by atoms with Crippen LogP contribution in [0.3, 0.4) is 0 Å². The molecule has 0 saturated carbocycles. The van der Waals surface area contributed by atoms with E-state index in [1.165, 1.54) is 0 Å². The van der Waals surface area contributed by atoms with Crippen molar-refractivity contribution in [1.29, 1.82) is 0 Å². The Morgan fingerprint density at radius 3 is 2.72 bits per heavy atom. The summed E-state index contributed by atoms with van der Waals surface area (Å²) in [5.74, 6) is -0.0259. The van der Waals surface area contributed by atoms with E-state index in [0.717, 1.165) is 0 Å². The van der Waals surface area contributed by atoms with Gasteiger partial charge in [0.05, 0.1) is 16.5 Å². The van der Waals surface area contributed by atoms with Gasteiger partial charge >= 0.3 is 5.97 Å². The SMILES string of the molecule is O=C(CC1CCS(=O)(=O)C1)Oc1ccccc1Cl. The third kappa shape index (κ3) is 3.46. The van der Waals surface area contributed by atoms with Crippen LogP contribution >= 0.6 is 11.6 Å². The number of hydrogen-bond donors (Lipinski definition) is 0. The highest BCUT2D eigenvalue weighted by Crippen LogP contribution is 2.26. The number of carbonyl (C=O) groups is 1. The van der Waals surface area contributed by atoms with E-state index in [1.54, 1.807) is 24.3 Å². The number of benzene rings is 1. The minimum atomic E-state index is -2.96. The molecule has 0 bridgehead atoms. The Morgan fingerprint density at radius 1 is 1.39 bits per heavy atom. The molecular formula is C12H13ClO4S. The lowest BCUT2D eigenvalue weighted by Gasteiger charge is -2.08. The number of carbonyl (C=O) groups excluding carboxylic acids is 1. The second-order valence-electron chi connectivity index (χ2n) is 4.38. The number of rotatable bonds is 3. The fraction of sp³-hybridized carbons (Fsp3) is 0.417. The van der Waals surface area contributed by atoms with Gasteiger partial charge in [0.1, 0.15) is 5.75 Å². The molecular weight excluding hydrogens is 276 g/mol. The van der Waals surface area contributed by atoms with Crippen LogP contribution in [-0.4, -0.2) is 25.9 Å². The molecule has 1 heterocycles. The van der Waals surface area contributed by atoms with E-state index < -0.39 is 15.8 Å². The standard InChI is InChI=1S/C12H13ClO4S/c13-10-3-1-2-4-11(10)17-12(14)7-9-5-6-18(15,16)8-9/h1-4,9H,5-8H2. The first-order valence-electron chi connectivity index (χ1n) is 5.62. The van der Waals surface area contributed by atoms with E-state index >= 15 is 0 Å². The molecule has 0 amide bonds. The fourth-order valence-corrected chi connectivity index (χ4v) is 4.00. The lowest BCUT2D eigenvalue weighted by molar-refractivity contribution is -0.135. The Hall–Kier alpha value is -1.07. The number of esters is 1. The minimum Gasteiger partial charge on any atom is -0.425 e. The summed E-state index contributed by atoms with van der Waals surface area (Å²) in [6.07, 6.45) is 0.643. The van der Waals surface area contributed by atoms with E-state index in [0.29, 0.717) is 17.2 Å². The molecule has 4 nitrogen and oxygen atoms in total. The van der Waals surface area contributed by atoms with Gasteiger partial charge in [0.2, 0.25) is 0 Å². The monoisotopic (exact) mass is 288 g/mol. The zero-order chi connectivity index (χ0) is 13.2. The van der Waals surface area contributed by atoms with Crippen molar-refractivity contribution in [3.8, 4) is 5.75 Å². The zero-order valence-corrected chi connectivity index (χ0v) is 11.2. The molecule has 1 aromatic carbocycles. The maximum absolute atomic E-state index is 11.7. The van der Waals surface area contributed by atoms with Gasteiger partial charge in [-0.3, -0.25) is 4.79 Å². The predicted molar refractivity (Wildman–Crippen MR) is 68.5 cm³/mol. The van der Waals surface area contributed by atoms with Gasteiger partial charge in [-0.2, -0.15) is 0 Å². The Bertz CT molecular complexity index is 553. The average Bonchev–Trinajstić information content (AvgIpc) is 2.61. The van der Waals surface area contributed by atoms with Crippen LogP contribution in [0.25, 0.3) is 0 Å². The average molecular weight is 289 g/mol. The molecule has 98 valence electrons. The first kappa shape index (κ1) is 13.4. The first-order chi connectivity index (χ1) is 8.46. The molecule has 1 fully saturated rings. The molecule has 0 N–H and O–H groups in total. The topological polar surface area (TPSA) is 60.4 Å². The van der Waals surface area contributed by atoms with Crippen molar-refractivity contribution in [2.75, 3.05) is 11.5 Å². The summed E-state index contributed by atoms with van der Waals surface area (Å²) in [5.41, 5.74) is 0. The molecule has 0 aliphatic carbocycles. The van der Waals surface area contributed by atoms with E-state index in [-0.39, 0.29) is 23.8 Å². The van der Waals surface area contributed by atoms with Crippen LogP contribution in [0.1, 0.15) is 12.8 Å². The second-order valence-corrected chi connectivity index (χ2v) is 7.01. The highest BCUT2D eigenvalue weighted by molar-refractivity contribution is 7.91. The van der Waals surface area contributed by atoms with Crippen LogP contribution in [0, 0.1) is 5.92 Å². The Labute approximate surface area is 111 Å². The van der Waals surface area contributed by atoms with Gasteiger partial charge < -0.3 is 4.74 Å². The van der Waals surface area contributed by atoms with Gasteiger partial charge in [-0.25, -0.2) is 8.42 Å². The summed E-state index contributed by atoms with van der Waals surface area (Å²) in [5, 5.41) is 0.366. The second kappa shape index (κ2) is 5.28. The summed E-state index contributed by atoms with van der Waals surface area (Å²) in [6.45, 7) is 0. The van der Waals surface area contributed by atoms with Crippen molar-refractivity contribution in [1.82, 2.24) is 0 Å². The van der Waals surface area contributed by atoms with Gasteiger partial charge in [0.25, 0.3) is 0 Å². The normalized spacial score (nSPS) is 21.7. The number of halogens is 1. The molecule has 1 aliphatic heterocycles. The fourth-order valence-electron chi connectivity index (χ4n) is 1.96. The number of sulfone groups is 1. The van der Waals surface area contributed by atoms with Gasteiger partial charge in [-0.05, 0) is 24.5 Å². The molecule has 1 aromatic rings. The molecule has 1 atom stereocenters. The molecule has 1 aliphatic rings. The lowest BCUT2D eigenvalue weighted by atomic mass is 10.1. The highest BCUT2D eigenvalue weighted by Gasteiger charge is 2.30. The summed E-state index contributed by atoms with van der Waals surface area (Å²) in [6, 6.07) is 6.69. The summed E-state index contributed by atoms with van der Waals surface area (Å²) in [7, 11) is -2.96. The van der Waals surface area contributed by atoms with Crippen LogP contribution in [0.5, 0.6) is 5.75 Å². The molecule has 18 heavy (non-hydrogen) atoms. The van der Waals surface area contributed by atoms with Gasteiger partial charge in [0.15, 0.2) is 9.84 Å². The van der Waals surface area contributed by atoms with Gasteiger partial charge in [-0.1, -0.05) is 23.7 Å². The summed E-state index contributed by atoms with van der Waals surface area (Å²) >= 11 is 5.86. The quantitative estimate of drug-likeness (QED) is 0.631. The maximum Gasteiger partial charge on any atom is 0.311 e. The predicted octanol–water partition coefficient (Wildman–Crippen LogP) is 2.07. The number of para-hydroxylation sites is 1.